The van der Waals surface area contributed by atoms with Crippen LogP contribution in [0.1, 0.15) is 5.56 Å². The summed E-state index contributed by atoms with van der Waals surface area (Å²) in [7, 11) is -12.7. The van der Waals surface area contributed by atoms with E-state index in [1.54, 1.807) is 0 Å². The minimum absolute atomic E-state index is 2.01. The van der Waals surface area contributed by atoms with Crippen molar-refractivity contribution in [2.24, 2.45) is 0 Å². The molecular weight excluding hydrogens is 336 g/mol. The van der Waals surface area contributed by atoms with Gasteiger partial charge in [-0.3, -0.25) is 9.13 Å². The molecular formula is C6H5F4NO7P2. The van der Waals surface area contributed by atoms with Crippen LogP contribution in [-0.4, -0.2) is 29.7 Å². The summed E-state index contributed by atoms with van der Waals surface area (Å²) in [5, 5.41) is 4.59. The standard InChI is InChI=1S/C6H5F4NO7P2/c7-2-1(3(8)5(10)11-4(2)9)6(12,19(13,14)15)20(16,17)18/h12H,(H2,13,14,15)(H2,16,17,18). The highest BCUT2D eigenvalue weighted by atomic mass is 31.2. The summed E-state index contributed by atoms with van der Waals surface area (Å²) in [6.07, 6.45) is 0. The number of halogens is 4. The molecule has 0 aliphatic carbocycles. The molecule has 0 bridgehead atoms. The molecule has 5 N–H and O–H groups in total. The number of nitrogens with zero attached hydrogens (tertiary/aromatic N) is 1. The second-order valence-electron chi connectivity index (χ2n) is 3.42. The van der Waals surface area contributed by atoms with Crippen LogP contribution in [0, 0.1) is 23.5 Å². The highest BCUT2D eigenvalue weighted by Crippen LogP contribution is 2.73. The average Bonchev–Trinajstić information content (AvgIpc) is 2.23. The number of pyridine rings is 1. The largest absolute Gasteiger partial charge is 0.374 e. The molecule has 0 atom stereocenters. The molecule has 0 aliphatic heterocycles. The Kier molecular flexibility index (Phi) is 4.16. The Balaban J connectivity index is 3.98. The second-order valence-corrected chi connectivity index (χ2v) is 7.24. The minimum Gasteiger partial charge on any atom is -0.364 e. The lowest BCUT2D eigenvalue weighted by molar-refractivity contribution is 0.121. The van der Waals surface area contributed by atoms with Crippen molar-refractivity contribution in [2.45, 2.75) is 5.08 Å². The molecule has 0 aliphatic rings. The van der Waals surface area contributed by atoms with Crippen molar-refractivity contribution in [1.82, 2.24) is 4.98 Å². The van der Waals surface area contributed by atoms with Crippen molar-refractivity contribution in [1.29, 1.82) is 0 Å². The Hall–Kier alpha value is -0.870. The van der Waals surface area contributed by atoms with Gasteiger partial charge in [0.2, 0.25) is 0 Å². The Morgan fingerprint density at radius 1 is 0.850 bits per heavy atom. The van der Waals surface area contributed by atoms with Crippen LogP contribution >= 0.6 is 15.2 Å². The molecule has 0 fully saturated rings. The van der Waals surface area contributed by atoms with E-state index < -0.39 is 49.4 Å². The fraction of sp³-hybridized carbons (Fsp3) is 0.167. The Morgan fingerprint density at radius 2 is 1.15 bits per heavy atom. The molecule has 0 spiro atoms. The smallest absolute Gasteiger partial charge is 0.364 e. The molecule has 1 heterocycles. The van der Waals surface area contributed by atoms with E-state index in [9.17, 15) is 31.8 Å². The third-order valence-corrected chi connectivity index (χ3v) is 5.78. The number of rotatable bonds is 3. The van der Waals surface area contributed by atoms with Crippen LogP contribution in [0.15, 0.2) is 0 Å². The van der Waals surface area contributed by atoms with Crippen molar-refractivity contribution in [3.8, 4) is 0 Å². The topological polar surface area (TPSA) is 148 Å². The lowest BCUT2D eigenvalue weighted by Crippen LogP contribution is -2.30. The van der Waals surface area contributed by atoms with Crippen molar-refractivity contribution >= 4 is 15.2 Å². The van der Waals surface area contributed by atoms with Gasteiger partial charge < -0.3 is 24.7 Å². The van der Waals surface area contributed by atoms with E-state index in [0.717, 1.165) is 0 Å². The third-order valence-electron chi connectivity index (χ3n) is 2.15. The van der Waals surface area contributed by atoms with Gasteiger partial charge in [0.1, 0.15) is 0 Å². The molecule has 0 saturated heterocycles. The summed E-state index contributed by atoms with van der Waals surface area (Å²) in [6, 6.07) is 0. The molecule has 0 radical (unpaired) electrons. The van der Waals surface area contributed by atoms with Gasteiger partial charge in [0.15, 0.2) is 11.6 Å². The molecule has 0 aromatic carbocycles. The minimum atomic E-state index is -6.37. The molecule has 20 heavy (non-hydrogen) atoms. The molecule has 114 valence electrons. The highest BCUT2D eigenvalue weighted by Gasteiger charge is 2.64. The Morgan fingerprint density at radius 3 is 1.40 bits per heavy atom. The summed E-state index contributed by atoms with van der Waals surface area (Å²) in [4.78, 5) is 36.9. The van der Waals surface area contributed by atoms with E-state index in [1.807, 2.05) is 4.98 Å². The first kappa shape index (κ1) is 17.2. The van der Waals surface area contributed by atoms with Crippen molar-refractivity contribution < 1.29 is 51.4 Å². The van der Waals surface area contributed by atoms with Crippen LogP contribution in [0.5, 0.6) is 0 Å². The fourth-order valence-electron chi connectivity index (χ4n) is 1.24. The normalized spacial score (nSPS) is 13.7. The second kappa shape index (κ2) is 4.85. The van der Waals surface area contributed by atoms with Crippen LogP contribution in [0.25, 0.3) is 0 Å². The number of hydrogen-bond donors (Lipinski definition) is 5. The van der Waals surface area contributed by atoms with Gasteiger partial charge in [-0.05, 0) is 0 Å². The van der Waals surface area contributed by atoms with Crippen LogP contribution < -0.4 is 0 Å². The molecule has 14 heteroatoms. The van der Waals surface area contributed by atoms with Crippen LogP contribution in [0.3, 0.4) is 0 Å². The van der Waals surface area contributed by atoms with E-state index >= 15 is 0 Å². The first-order chi connectivity index (χ1) is 8.75. The molecule has 1 aromatic rings. The molecule has 0 amide bonds. The Labute approximate surface area is 107 Å². The molecule has 0 saturated carbocycles. The van der Waals surface area contributed by atoms with Crippen molar-refractivity contribution in [3.63, 3.8) is 0 Å². The Bertz CT molecular complexity index is 607. The van der Waals surface area contributed by atoms with Gasteiger partial charge >= 0.3 is 15.2 Å². The molecule has 0 unspecified atom stereocenters. The monoisotopic (exact) mass is 341 g/mol. The molecule has 8 nitrogen and oxygen atoms in total. The third kappa shape index (κ3) is 2.40. The predicted molar refractivity (Wildman–Crippen MR) is 52.1 cm³/mol. The lowest BCUT2D eigenvalue weighted by Gasteiger charge is -2.29. The van der Waals surface area contributed by atoms with E-state index in [-0.39, 0.29) is 0 Å². The van der Waals surface area contributed by atoms with Gasteiger partial charge in [-0.15, -0.1) is 0 Å². The van der Waals surface area contributed by atoms with E-state index in [2.05, 4.69) is 0 Å². The van der Waals surface area contributed by atoms with Crippen LogP contribution in [-0.2, 0) is 14.2 Å². The maximum atomic E-state index is 13.3. The van der Waals surface area contributed by atoms with E-state index in [1.165, 1.54) is 0 Å². The number of aliphatic hydroxyl groups is 1. The van der Waals surface area contributed by atoms with Crippen LogP contribution in [0.2, 0.25) is 0 Å². The van der Waals surface area contributed by atoms with Gasteiger partial charge in [0.05, 0.1) is 5.56 Å². The molecule has 1 rings (SSSR count). The quantitative estimate of drug-likeness (QED) is 0.295. The fourth-order valence-corrected chi connectivity index (χ4v) is 3.58. The predicted octanol–water partition coefficient (Wildman–Crippen LogP) is 0.0960. The van der Waals surface area contributed by atoms with Crippen molar-refractivity contribution in [3.05, 3.63) is 29.1 Å². The summed E-state index contributed by atoms with van der Waals surface area (Å²) < 4.78 is 74.2. The van der Waals surface area contributed by atoms with Gasteiger partial charge in [0, 0.05) is 0 Å². The van der Waals surface area contributed by atoms with Gasteiger partial charge in [-0.2, -0.15) is 13.8 Å². The van der Waals surface area contributed by atoms with Gasteiger partial charge in [-0.1, -0.05) is 0 Å². The SMILES string of the molecule is O=P(O)(O)C(O)(c1c(F)c(F)nc(F)c1F)P(=O)(O)O. The van der Waals surface area contributed by atoms with E-state index in [4.69, 9.17) is 19.6 Å². The summed E-state index contributed by atoms with van der Waals surface area (Å²) in [5.74, 6) is -10.2. The molecule has 1 aromatic heterocycles. The van der Waals surface area contributed by atoms with Crippen LogP contribution in [0.4, 0.5) is 17.6 Å². The maximum absolute atomic E-state index is 13.3. The summed E-state index contributed by atoms with van der Waals surface area (Å²) in [5.41, 5.74) is -2.55. The first-order valence-corrected chi connectivity index (χ1v) is 7.51. The lowest BCUT2D eigenvalue weighted by atomic mass is 10.2. The highest BCUT2D eigenvalue weighted by molar-refractivity contribution is 7.71. The number of hydrogen-bond acceptors (Lipinski definition) is 4. The number of aromatic nitrogens is 1. The zero-order chi connectivity index (χ0) is 16.1. The zero-order valence-corrected chi connectivity index (χ0v) is 10.7. The van der Waals surface area contributed by atoms with Gasteiger partial charge in [0.25, 0.3) is 17.0 Å². The van der Waals surface area contributed by atoms with Crippen molar-refractivity contribution in [2.75, 3.05) is 0 Å². The summed E-state index contributed by atoms with van der Waals surface area (Å²) >= 11 is 0. The summed E-state index contributed by atoms with van der Waals surface area (Å²) in [6.45, 7) is 0. The maximum Gasteiger partial charge on any atom is 0.374 e. The average molecular weight is 341 g/mol. The zero-order valence-electron chi connectivity index (χ0n) is 8.91. The first-order valence-electron chi connectivity index (χ1n) is 4.29. The van der Waals surface area contributed by atoms with Gasteiger partial charge in [-0.25, -0.2) is 8.78 Å². The van der Waals surface area contributed by atoms with E-state index in [0.29, 0.717) is 0 Å².